The number of H-pyrrole nitrogens is 1. The molecule has 34 heavy (non-hydrogen) atoms. The number of nitrogens with one attached hydrogen (secondary N) is 1. The van der Waals surface area contributed by atoms with Crippen molar-refractivity contribution < 1.29 is 0 Å². The highest BCUT2D eigenvalue weighted by Gasteiger charge is 2.34. The summed E-state index contributed by atoms with van der Waals surface area (Å²) in [5.41, 5.74) is 3.92. The van der Waals surface area contributed by atoms with Crippen molar-refractivity contribution >= 4 is 10.9 Å². The molecule has 1 aliphatic rings. The van der Waals surface area contributed by atoms with Crippen LogP contribution in [0.15, 0.2) is 23.0 Å². The van der Waals surface area contributed by atoms with Gasteiger partial charge in [0.05, 0.1) is 17.1 Å². The summed E-state index contributed by atoms with van der Waals surface area (Å²) < 4.78 is 2.01. The number of rotatable bonds is 8. The van der Waals surface area contributed by atoms with Crippen molar-refractivity contribution in [2.75, 3.05) is 0 Å². The number of tetrazole rings is 1. The second-order valence-corrected chi connectivity index (χ2v) is 10.6. The number of hydrogen-bond donors (Lipinski definition) is 1. The van der Waals surface area contributed by atoms with Crippen LogP contribution in [0.5, 0.6) is 0 Å². The van der Waals surface area contributed by atoms with Crippen LogP contribution in [0, 0.1) is 13.8 Å². The Kier molecular flexibility index (Phi) is 7.22. The average Bonchev–Trinajstić information content (AvgIpc) is 3.33. The highest BCUT2D eigenvalue weighted by molar-refractivity contribution is 5.83. The van der Waals surface area contributed by atoms with E-state index in [9.17, 15) is 4.79 Å². The summed E-state index contributed by atoms with van der Waals surface area (Å²) in [6, 6.07) is 6.81. The number of aromatic amines is 1. The number of aryl methyl sites for hydroxylation is 2. The highest BCUT2D eigenvalue weighted by Crippen LogP contribution is 2.34. The third-order valence-electron chi connectivity index (χ3n) is 8.04. The monoisotopic (exact) mass is 464 g/mol. The normalized spacial score (nSPS) is 16.4. The van der Waals surface area contributed by atoms with Crippen molar-refractivity contribution in [3.05, 3.63) is 51.1 Å². The van der Waals surface area contributed by atoms with E-state index in [2.05, 4.69) is 85.2 Å². The number of hydrogen-bond acceptors (Lipinski definition) is 5. The quantitative estimate of drug-likeness (QED) is 0.472. The first-order valence-electron chi connectivity index (χ1n) is 12.9. The molecule has 1 atom stereocenters. The van der Waals surface area contributed by atoms with E-state index in [4.69, 9.17) is 0 Å². The summed E-state index contributed by atoms with van der Waals surface area (Å²) in [6.07, 6.45) is 7.88. The smallest absolute Gasteiger partial charge is 0.252 e. The van der Waals surface area contributed by atoms with Crippen LogP contribution >= 0.6 is 0 Å². The number of aromatic nitrogens is 5. The summed E-state index contributed by atoms with van der Waals surface area (Å²) >= 11 is 0. The van der Waals surface area contributed by atoms with Gasteiger partial charge in [0.15, 0.2) is 5.82 Å². The Hall–Kier alpha value is -2.54. The number of pyridine rings is 1. The predicted molar refractivity (Wildman–Crippen MR) is 137 cm³/mol. The summed E-state index contributed by atoms with van der Waals surface area (Å²) in [4.78, 5) is 19.0. The van der Waals surface area contributed by atoms with Crippen molar-refractivity contribution in [2.45, 2.75) is 111 Å². The van der Waals surface area contributed by atoms with Crippen molar-refractivity contribution in [1.29, 1.82) is 0 Å². The molecule has 0 aliphatic heterocycles. The van der Waals surface area contributed by atoms with E-state index in [1.54, 1.807) is 0 Å². The minimum atomic E-state index is -0.166. The lowest BCUT2D eigenvalue weighted by Crippen LogP contribution is -2.42. The summed E-state index contributed by atoms with van der Waals surface area (Å²) in [5, 5.41) is 14.1. The lowest BCUT2D eigenvalue weighted by Gasteiger charge is -2.40. The van der Waals surface area contributed by atoms with Crippen molar-refractivity contribution in [2.24, 2.45) is 0 Å². The molecule has 184 valence electrons. The molecular formula is C27H40N6O. The standard InChI is InChI=1S/C27H40N6O/c1-7-23(25-29-30-31-33(25)27(5,6)8-2)32(22-12-10-9-11-13-22)17-21-16-20-15-14-18(3)19(4)24(20)28-26(21)34/h14-16,22-23H,7-13,17H2,1-6H3,(H,28,34)/t23-/m0/s1. The van der Waals surface area contributed by atoms with E-state index in [0.717, 1.165) is 53.5 Å². The highest BCUT2D eigenvalue weighted by atomic mass is 16.1. The molecule has 1 N–H and O–H groups in total. The summed E-state index contributed by atoms with van der Waals surface area (Å²) in [5.74, 6) is 0.906. The molecule has 0 radical (unpaired) electrons. The first kappa shape index (κ1) is 24.6. The zero-order valence-corrected chi connectivity index (χ0v) is 21.7. The molecule has 0 saturated heterocycles. The van der Waals surface area contributed by atoms with Gasteiger partial charge in [0.2, 0.25) is 0 Å². The SMILES string of the molecule is CC[C@@H](c1nnnn1C(C)(C)CC)N(Cc1cc2ccc(C)c(C)c2[nH]c1=O)C1CCCCC1. The van der Waals surface area contributed by atoms with E-state index in [-0.39, 0.29) is 17.1 Å². The van der Waals surface area contributed by atoms with Gasteiger partial charge in [0, 0.05) is 18.2 Å². The van der Waals surface area contributed by atoms with Gasteiger partial charge in [-0.2, -0.15) is 0 Å². The predicted octanol–water partition coefficient (Wildman–Crippen LogP) is 5.56. The molecule has 3 aromatic rings. The van der Waals surface area contributed by atoms with Gasteiger partial charge < -0.3 is 4.98 Å². The van der Waals surface area contributed by atoms with Crippen LogP contribution in [0.1, 0.15) is 101 Å². The van der Waals surface area contributed by atoms with Crippen molar-refractivity contribution in [3.8, 4) is 0 Å². The van der Waals surface area contributed by atoms with Gasteiger partial charge in [-0.25, -0.2) is 4.68 Å². The molecule has 4 rings (SSSR count). The molecule has 0 spiro atoms. The van der Waals surface area contributed by atoms with Gasteiger partial charge >= 0.3 is 0 Å². The van der Waals surface area contributed by atoms with Gasteiger partial charge in [-0.05, 0) is 86.4 Å². The Balaban J connectivity index is 1.77. The topological polar surface area (TPSA) is 79.7 Å². The Morgan fingerprint density at radius 1 is 1.18 bits per heavy atom. The number of fused-ring (bicyclic) bond motifs is 1. The van der Waals surface area contributed by atoms with Crippen LogP contribution in [-0.4, -0.2) is 36.1 Å². The maximum absolute atomic E-state index is 13.3. The van der Waals surface area contributed by atoms with Gasteiger partial charge in [-0.3, -0.25) is 9.69 Å². The van der Waals surface area contributed by atoms with Crippen LogP contribution in [0.4, 0.5) is 0 Å². The molecule has 0 bridgehead atoms. The van der Waals surface area contributed by atoms with E-state index >= 15 is 0 Å². The fourth-order valence-electron chi connectivity index (χ4n) is 5.34. The van der Waals surface area contributed by atoms with Crippen molar-refractivity contribution in [1.82, 2.24) is 30.1 Å². The molecular weight excluding hydrogens is 424 g/mol. The van der Waals surface area contributed by atoms with Gasteiger partial charge in [0.25, 0.3) is 5.56 Å². The Morgan fingerprint density at radius 3 is 2.59 bits per heavy atom. The molecule has 1 fully saturated rings. The molecule has 7 heteroatoms. The second kappa shape index (κ2) is 9.98. The minimum Gasteiger partial charge on any atom is -0.321 e. The Morgan fingerprint density at radius 2 is 1.91 bits per heavy atom. The van der Waals surface area contributed by atoms with Crippen molar-refractivity contribution in [3.63, 3.8) is 0 Å². The lowest BCUT2D eigenvalue weighted by molar-refractivity contribution is 0.0801. The molecule has 1 aliphatic carbocycles. The Labute approximate surface area is 202 Å². The molecule has 1 aromatic carbocycles. The van der Waals surface area contributed by atoms with Gasteiger partial charge in [0.1, 0.15) is 0 Å². The van der Waals surface area contributed by atoms with Crippen LogP contribution in [0.2, 0.25) is 0 Å². The zero-order chi connectivity index (χ0) is 24.5. The fourth-order valence-corrected chi connectivity index (χ4v) is 5.34. The second-order valence-electron chi connectivity index (χ2n) is 10.6. The fraction of sp³-hybridized carbons (Fsp3) is 0.630. The average molecular weight is 465 g/mol. The van der Waals surface area contributed by atoms with Crippen LogP contribution in [0.3, 0.4) is 0 Å². The Bertz CT molecular complexity index is 1190. The molecule has 2 aromatic heterocycles. The van der Waals surface area contributed by atoms with Gasteiger partial charge in [-0.15, -0.1) is 5.10 Å². The third kappa shape index (κ3) is 4.67. The van der Waals surface area contributed by atoms with Gasteiger partial charge in [-0.1, -0.05) is 45.2 Å². The van der Waals surface area contributed by atoms with E-state index in [1.165, 1.54) is 24.8 Å². The zero-order valence-electron chi connectivity index (χ0n) is 21.7. The molecule has 7 nitrogen and oxygen atoms in total. The van der Waals surface area contributed by atoms with Crippen LogP contribution in [-0.2, 0) is 12.1 Å². The largest absolute Gasteiger partial charge is 0.321 e. The molecule has 1 saturated carbocycles. The number of benzene rings is 1. The maximum atomic E-state index is 13.3. The number of nitrogens with zero attached hydrogens (tertiary/aromatic N) is 5. The van der Waals surface area contributed by atoms with E-state index in [0.29, 0.717) is 12.6 Å². The lowest BCUT2D eigenvalue weighted by atomic mass is 9.91. The summed E-state index contributed by atoms with van der Waals surface area (Å²) in [6.45, 7) is 13.5. The van der Waals surface area contributed by atoms with Crippen LogP contribution < -0.4 is 5.56 Å². The third-order valence-corrected chi connectivity index (χ3v) is 8.04. The van der Waals surface area contributed by atoms with E-state index < -0.39 is 0 Å². The molecule has 0 unspecified atom stereocenters. The van der Waals surface area contributed by atoms with Crippen LogP contribution in [0.25, 0.3) is 10.9 Å². The minimum absolute atomic E-state index is 0.00495. The first-order chi connectivity index (χ1) is 16.3. The maximum Gasteiger partial charge on any atom is 0.252 e. The first-order valence-corrected chi connectivity index (χ1v) is 12.9. The molecule has 0 amide bonds. The van der Waals surface area contributed by atoms with E-state index in [1.807, 2.05) is 4.68 Å². The molecule has 2 heterocycles. The summed E-state index contributed by atoms with van der Waals surface area (Å²) in [7, 11) is 0.